The Morgan fingerprint density at radius 3 is 2.70 bits per heavy atom. The van der Waals surface area contributed by atoms with Crippen LogP contribution in [0, 0.1) is 6.92 Å². The lowest BCUT2D eigenvalue weighted by atomic mass is 10.1. The summed E-state index contributed by atoms with van der Waals surface area (Å²) >= 11 is 0. The largest absolute Gasteiger partial charge is 0.385 e. The molecule has 8 heteroatoms. The summed E-state index contributed by atoms with van der Waals surface area (Å²) in [6.45, 7) is 3.07. The van der Waals surface area contributed by atoms with Crippen molar-refractivity contribution in [1.82, 2.24) is 15.1 Å². The van der Waals surface area contributed by atoms with E-state index in [4.69, 9.17) is 4.74 Å². The summed E-state index contributed by atoms with van der Waals surface area (Å²) in [5.74, 6) is -0.0506. The normalized spacial score (nSPS) is 18.5. The van der Waals surface area contributed by atoms with E-state index in [1.807, 2.05) is 31.2 Å². The predicted molar refractivity (Wildman–Crippen MR) is 104 cm³/mol. The number of carbonyl (C=O) groups is 1. The van der Waals surface area contributed by atoms with Gasteiger partial charge in [0.15, 0.2) is 15.5 Å². The topological polar surface area (TPSA) is 90.3 Å². The van der Waals surface area contributed by atoms with Crippen molar-refractivity contribution in [3.8, 4) is 11.3 Å². The Labute approximate surface area is 159 Å². The van der Waals surface area contributed by atoms with E-state index in [9.17, 15) is 13.2 Å². The van der Waals surface area contributed by atoms with Gasteiger partial charge in [0.25, 0.3) is 5.91 Å². The minimum Gasteiger partial charge on any atom is -0.385 e. The maximum Gasteiger partial charge on any atom is 0.271 e. The number of carbonyl (C=O) groups excluding carboxylic acids is 1. The lowest BCUT2D eigenvalue weighted by molar-refractivity contribution is 0.0942. The van der Waals surface area contributed by atoms with Gasteiger partial charge in [-0.1, -0.05) is 29.8 Å². The second-order valence-corrected chi connectivity index (χ2v) is 9.11. The third-order valence-electron chi connectivity index (χ3n) is 4.68. The van der Waals surface area contributed by atoms with Gasteiger partial charge in [-0.05, 0) is 31.4 Å². The maximum atomic E-state index is 12.5. The van der Waals surface area contributed by atoms with Gasteiger partial charge in [0.05, 0.1) is 23.2 Å². The second-order valence-electron chi connectivity index (χ2n) is 6.88. The van der Waals surface area contributed by atoms with Crippen molar-refractivity contribution in [3.63, 3.8) is 0 Å². The first-order valence-corrected chi connectivity index (χ1v) is 10.9. The first-order valence-electron chi connectivity index (χ1n) is 9.04. The fourth-order valence-corrected chi connectivity index (χ4v) is 4.89. The first-order chi connectivity index (χ1) is 12.9. The molecule has 0 spiro atoms. The van der Waals surface area contributed by atoms with E-state index in [-0.39, 0.29) is 23.5 Å². The Morgan fingerprint density at radius 2 is 2.07 bits per heavy atom. The van der Waals surface area contributed by atoms with E-state index >= 15 is 0 Å². The molecule has 1 atom stereocenters. The van der Waals surface area contributed by atoms with Crippen molar-refractivity contribution in [3.05, 3.63) is 41.6 Å². The van der Waals surface area contributed by atoms with Gasteiger partial charge in [0.1, 0.15) is 0 Å². The number of nitrogens with one attached hydrogen (secondary N) is 1. The monoisotopic (exact) mass is 391 g/mol. The van der Waals surface area contributed by atoms with E-state index in [1.54, 1.807) is 17.9 Å². The molecule has 1 aromatic carbocycles. The molecule has 1 amide bonds. The zero-order chi connectivity index (χ0) is 19.4. The summed E-state index contributed by atoms with van der Waals surface area (Å²) in [5, 5.41) is 7.29. The maximum absolute atomic E-state index is 12.5. The summed E-state index contributed by atoms with van der Waals surface area (Å²) in [6, 6.07) is 9.40. The summed E-state index contributed by atoms with van der Waals surface area (Å²) in [6.07, 6.45) is 1.23. The molecule has 2 aromatic rings. The molecule has 1 N–H and O–H groups in total. The molecular formula is C19H25N3O4S. The number of amides is 1. The van der Waals surface area contributed by atoms with Crippen molar-refractivity contribution in [2.75, 3.05) is 31.8 Å². The number of aryl methyl sites for hydroxylation is 1. The molecule has 1 saturated heterocycles. The summed E-state index contributed by atoms with van der Waals surface area (Å²) in [7, 11) is -1.44. The summed E-state index contributed by atoms with van der Waals surface area (Å²) in [4.78, 5) is 12.5. The fraction of sp³-hybridized carbons (Fsp3) is 0.474. The van der Waals surface area contributed by atoms with E-state index in [1.165, 1.54) is 0 Å². The average molecular weight is 391 g/mol. The molecule has 0 aliphatic carbocycles. The lowest BCUT2D eigenvalue weighted by Crippen LogP contribution is -2.26. The highest BCUT2D eigenvalue weighted by Crippen LogP contribution is 2.30. The summed E-state index contributed by atoms with van der Waals surface area (Å²) < 4.78 is 30.5. The van der Waals surface area contributed by atoms with Gasteiger partial charge in [-0.25, -0.2) is 8.42 Å². The van der Waals surface area contributed by atoms with Crippen molar-refractivity contribution in [2.24, 2.45) is 0 Å². The van der Waals surface area contributed by atoms with E-state index in [2.05, 4.69) is 10.4 Å². The number of methoxy groups -OCH3 is 1. The van der Waals surface area contributed by atoms with Crippen LogP contribution < -0.4 is 5.32 Å². The minimum atomic E-state index is -3.06. The second kappa shape index (κ2) is 8.22. The van der Waals surface area contributed by atoms with Gasteiger partial charge in [-0.2, -0.15) is 5.10 Å². The van der Waals surface area contributed by atoms with E-state index in [0.717, 1.165) is 16.8 Å². The lowest BCUT2D eigenvalue weighted by Gasteiger charge is -2.13. The van der Waals surface area contributed by atoms with Crippen LogP contribution in [0.4, 0.5) is 0 Å². The highest BCUT2D eigenvalue weighted by molar-refractivity contribution is 7.91. The number of aromatic nitrogens is 2. The van der Waals surface area contributed by atoms with Gasteiger partial charge in [0.2, 0.25) is 0 Å². The van der Waals surface area contributed by atoms with Crippen LogP contribution in [0.1, 0.15) is 34.9 Å². The van der Waals surface area contributed by atoms with Gasteiger partial charge < -0.3 is 10.1 Å². The van der Waals surface area contributed by atoms with Crippen LogP contribution >= 0.6 is 0 Å². The van der Waals surface area contributed by atoms with Crippen molar-refractivity contribution < 1.29 is 17.9 Å². The number of sulfone groups is 1. The molecule has 3 rings (SSSR count). The quantitative estimate of drug-likeness (QED) is 0.729. The molecule has 1 fully saturated rings. The number of hydrogen-bond donors (Lipinski definition) is 1. The molecule has 1 aliphatic heterocycles. The molecule has 0 bridgehead atoms. The predicted octanol–water partition coefficient (Wildman–Crippen LogP) is 1.98. The van der Waals surface area contributed by atoms with Crippen LogP contribution in [0.15, 0.2) is 30.3 Å². The Balaban J connectivity index is 1.89. The van der Waals surface area contributed by atoms with Gasteiger partial charge in [0, 0.05) is 20.3 Å². The Hall–Kier alpha value is -2.19. The Bertz CT molecular complexity index is 904. The number of rotatable bonds is 7. The Morgan fingerprint density at radius 1 is 1.33 bits per heavy atom. The van der Waals surface area contributed by atoms with Crippen LogP contribution in [0.25, 0.3) is 11.3 Å². The third-order valence-corrected chi connectivity index (χ3v) is 6.43. The number of ether oxygens (including phenoxy) is 1. The first kappa shape index (κ1) is 19.6. The molecule has 27 heavy (non-hydrogen) atoms. The molecule has 1 aromatic heterocycles. The smallest absolute Gasteiger partial charge is 0.271 e. The highest BCUT2D eigenvalue weighted by Gasteiger charge is 2.32. The van der Waals surface area contributed by atoms with Gasteiger partial charge >= 0.3 is 0 Å². The van der Waals surface area contributed by atoms with E-state index in [0.29, 0.717) is 31.7 Å². The number of hydrogen-bond acceptors (Lipinski definition) is 5. The van der Waals surface area contributed by atoms with Crippen LogP contribution in [0.3, 0.4) is 0 Å². The zero-order valence-corrected chi connectivity index (χ0v) is 16.5. The van der Waals surface area contributed by atoms with E-state index < -0.39 is 9.84 Å². The molecule has 146 valence electrons. The molecule has 0 saturated carbocycles. The number of benzene rings is 1. The average Bonchev–Trinajstić information content (AvgIpc) is 3.22. The van der Waals surface area contributed by atoms with Crippen LogP contribution in [-0.4, -0.2) is 55.9 Å². The molecule has 0 radical (unpaired) electrons. The molecule has 2 heterocycles. The van der Waals surface area contributed by atoms with Gasteiger partial charge in [-0.15, -0.1) is 0 Å². The minimum absolute atomic E-state index is 0.0580. The SMILES string of the molecule is COCCCNC(=O)c1cc(-c2ccc(C)cc2)n(C2CCS(=O)(=O)C2)n1. The molecular weight excluding hydrogens is 366 g/mol. The molecule has 1 unspecified atom stereocenters. The van der Waals surface area contributed by atoms with Crippen molar-refractivity contribution in [1.29, 1.82) is 0 Å². The Kier molecular flexibility index (Phi) is 5.96. The van der Waals surface area contributed by atoms with Crippen LogP contribution in [-0.2, 0) is 14.6 Å². The zero-order valence-electron chi connectivity index (χ0n) is 15.6. The summed E-state index contributed by atoms with van der Waals surface area (Å²) in [5.41, 5.74) is 3.10. The molecule has 7 nitrogen and oxygen atoms in total. The van der Waals surface area contributed by atoms with Crippen LogP contribution in [0.2, 0.25) is 0 Å². The number of nitrogens with zero attached hydrogens (tertiary/aromatic N) is 2. The van der Waals surface area contributed by atoms with Crippen molar-refractivity contribution in [2.45, 2.75) is 25.8 Å². The third kappa shape index (κ3) is 4.75. The standard InChI is InChI=1S/C19H25N3O4S/c1-14-4-6-15(7-5-14)18-12-17(19(23)20-9-3-10-26-2)21-22(18)16-8-11-27(24,25)13-16/h4-7,12,16H,3,8-11,13H2,1-2H3,(H,20,23). The molecule has 1 aliphatic rings. The van der Waals surface area contributed by atoms with Crippen molar-refractivity contribution >= 4 is 15.7 Å². The highest BCUT2D eigenvalue weighted by atomic mass is 32.2. The van der Waals surface area contributed by atoms with Crippen LogP contribution in [0.5, 0.6) is 0 Å². The van der Waals surface area contributed by atoms with Gasteiger partial charge in [-0.3, -0.25) is 9.48 Å². The fourth-order valence-electron chi connectivity index (χ4n) is 3.20.